The van der Waals surface area contributed by atoms with Crippen LogP contribution in [0.2, 0.25) is 0 Å². The van der Waals surface area contributed by atoms with Crippen LogP contribution in [0.4, 0.5) is 5.95 Å². The molecule has 0 bridgehead atoms. The lowest BCUT2D eigenvalue weighted by Gasteiger charge is -2.11. The summed E-state index contributed by atoms with van der Waals surface area (Å²) < 4.78 is 0.907. The van der Waals surface area contributed by atoms with Crippen LogP contribution in [0.25, 0.3) is 0 Å². The van der Waals surface area contributed by atoms with E-state index in [1.807, 2.05) is 0 Å². The molecule has 0 aromatic carbocycles. The van der Waals surface area contributed by atoms with Gasteiger partial charge in [0.05, 0.1) is 4.47 Å². The average Bonchev–Trinajstić information content (AvgIpc) is 2.69. The largest absolute Gasteiger partial charge is 0.350 e. The summed E-state index contributed by atoms with van der Waals surface area (Å²) in [4.78, 5) is 8.39. The third-order valence-electron chi connectivity index (χ3n) is 2.67. The van der Waals surface area contributed by atoms with Gasteiger partial charge in [-0.15, -0.1) is 0 Å². The van der Waals surface area contributed by atoms with Crippen LogP contribution in [0.3, 0.4) is 0 Å². The van der Waals surface area contributed by atoms with Crippen molar-refractivity contribution in [1.82, 2.24) is 15.3 Å². The molecule has 1 aromatic rings. The minimum absolute atomic E-state index is 0.455. The molecule has 5 heteroatoms. The molecule has 0 unspecified atom stereocenters. The average molecular weight is 271 g/mol. The summed E-state index contributed by atoms with van der Waals surface area (Å²) in [6, 6.07) is 1.09. The van der Waals surface area contributed by atoms with E-state index in [9.17, 15) is 0 Å². The van der Waals surface area contributed by atoms with Crippen molar-refractivity contribution in [2.75, 3.05) is 11.9 Å². The second kappa shape index (κ2) is 4.90. The van der Waals surface area contributed by atoms with Gasteiger partial charge in [0.2, 0.25) is 5.95 Å². The van der Waals surface area contributed by atoms with E-state index in [-0.39, 0.29) is 0 Å². The minimum atomic E-state index is 0.455. The molecule has 15 heavy (non-hydrogen) atoms. The highest BCUT2D eigenvalue weighted by Gasteiger charge is 2.22. The highest BCUT2D eigenvalue weighted by atomic mass is 79.9. The van der Waals surface area contributed by atoms with Crippen molar-refractivity contribution in [3.63, 3.8) is 0 Å². The highest BCUT2D eigenvalue weighted by Crippen LogP contribution is 2.14. The summed E-state index contributed by atoms with van der Waals surface area (Å²) >= 11 is 3.31. The summed E-state index contributed by atoms with van der Waals surface area (Å²) in [5, 5.41) is 6.79. The lowest BCUT2D eigenvalue weighted by molar-refractivity contribution is 0.584. The zero-order chi connectivity index (χ0) is 10.7. The van der Waals surface area contributed by atoms with Crippen LogP contribution in [0, 0.1) is 0 Å². The molecule has 2 atom stereocenters. The van der Waals surface area contributed by atoms with Crippen LogP contribution in [0.15, 0.2) is 16.9 Å². The minimum Gasteiger partial charge on any atom is -0.350 e. The molecular formula is C10H15BrN4. The summed E-state index contributed by atoms with van der Waals surface area (Å²) in [7, 11) is 0. The fraction of sp³-hybridized carbons (Fsp3) is 0.600. The van der Waals surface area contributed by atoms with Gasteiger partial charge in [0.15, 0.2) is 0 Å². The van der Waals surface area contributed by atoms with Crippen molar-refractivity contribution in [1.29, 1.82) is 0 Å². The zero-order valence-electron chi connectivity index (χ0n) is 8.70. The van der Waals surface area contributed by atoms with Gasteiger partial charge in [0.1, 0.15) is 0 Å². The molecular weight excluding hydrogens is 256 g/mol. The fourth-order valence-electron chi connectivity index (χ4n) is 1.81. The maximum Gasteiger partial charge on any atom is 0.222 e. The maximum absolute atomic E-state index is 4.20. The number of hydrogen-bond donors (Lipinski definition) is 2. The Balaban J connectivity index is 1.90. The van der Waals surface area contributed by atoms with Crippen molar-refractivity contribution >= 4 is 21.9 Å². The number of aromatic nitrogens is 2. The van der Waals surface area contributed by atoms with Crippen molar-refractivity contribution in [2.24, 2.45) is 0 Å². The Morgan fingerprint density at radius 1 is 1.53 bits per heavy atom. The summed E-state index contributed by atoms with van der Waals surface area (Å²) in [5.41, 5.74) is 0. The summed E-state index contributed by atoms with van der Waals surface area (Å²) in [5.74, 6) is 0.710. The van der Waals surface area contributed by atoms with Crippen molar-refractivity contribution < 1.29 is 0 Å². The predicted octanol–water partition coefficient (Wildman–Crippen LogP) is 1.79. The molecule has 0 radical (unpaired) electrons. The van der Waals surface area contributed by atoms with Gasteiger partial charge < -0.3 is 10.6 Å². The van der Waals surface area contributed by atoms with Gasteiger partial charge in [-0.25, -0.2) is 9.97 Å². The highest BCUT2D eigenvalue weighted by molar-refractivity contribution is 9.10. The second-order valence-corrected chi connectivity index (χ2v) is 4.73. The van der Waals surface area contributed by atoms with E-state index in [2.05, 4.69) is 43.5 Å². The molecule has 2 heterocycles. The van der Waals surface area contributed by atoms with E-state index < -0.39 is 0 Å². The van der Waals surface area contributed by atoms with E-state index in [0.29, 0.717) is 18.0 Å². The van der Waals surface area contributed by atoms with E-state index >= 15 is 0 Å². The van der Waals surface area contributed by atoms with Crippen LogP contribution in [-0.2, 0) is 0 Å². The Kier molecular flexibility index (Phi) is 3.53. The van der Waals surface area contributed by atoms with Gasteiger partial charge >= 0.3 is 0 Å². The first-order valence-electron chi connectivity index (χ1n) is 5.25. The Labute approximate surface area is 98.0 Å². The third kappa shape index (κ3) is 2.89. The Hall–Kier alpha value is -0.680. The fourth-order valence-corrected chi connectivity index (χ4v) is 2.01. The lowest BCUT2D eigenvalue weighted by Crippen LogP contribution is -2.23. The van der Waals surface area contributed by atoms with E-state index in [0.717, 1.165) is 17.4 Å². The van der Waals surface area contributed by atoms with E-state index in [4.69, 9.17) is 0 Å². The van der Waals surface area contributed by atoms with Crippen LogP contribution >= 0.6 is 15.9 Å². The van der Waals surface area contributed by atoms with Crippen LogP contribution in [0.1, 0.15) is 19.8 Å². The Bertz CT molecular complexity index is 314. The number of rotatable bonds is 3. The van der Waals surface area contributed by atoms with Crippen LogP contribution in [-0.4, -0.2) is 28.6 Å². The molecule has 0 saturated carbocycles. The molecule has 82 valence electrons. The topological polar surface area (TPSA) is 49.8 Å². The SMILES string of the molecule is CC[C@@H]1C[C@H](Nc2ncc(Br)cn2)CN1. The molecule has 1 aromatic heterocycles. The number of hydrogen-bond acceptors (Lipinski definition) is 4. The van der Waals surface area contributed by atoms with Gasteiger partial charge in [-0.3, -0.25) is 0 Å². The molecule has 1 aliphatic rings. The first kappa shape index (κ1) is 10.8. The van der Waals surface area contributed by atoms with Gasteiger partial charge in [-0.05, 0) is 28.8 Å². The number of nitrogens with one attached hydrogen (secondary N) is 2. The molecule has 2 rings (SSSR count). The molecule has 0 amide bonds. The molecule has 4 nitrogen and oxygen atoms in total. The van der Waals surface area contributed by atoms with Gasteiger partial charge in [0.25, 0.3) is 0 Å². The molecule has 0 aliphatic carbocycles. The Morgan fingerprint density at radius 2 is 2.27 bits per heavy atom. The molecule has 1 saturated heterocycles. The molecule has 2 N–H and O–H groups in total. The Morgan fingerprint density at radius 3 is 2.87 bits per heavy atom. The van der Waals surface area contributed by atoms with Crippen molar-refractivity contribution in [3.8, 4) is 0 Å². The number of anilines is 1. The lowest BCUT2D eigenvalue weighted by atomic mass is 10.1. The normalized spacial score (nSPS) is 25.5. The zero-order valence-corrected chi connectivity index (χ0v) is 10.3. The summed E-state index contributed by atoms with van der Waals surface area (Å²) in [6.45, 7) is 3.20. The van der Waals surface area contributed by atoms with E-state index in [1.54, 1.807) is 12.4 Å². The standard InChI is InChI=1S/C10H15BrN4/c1-2-8-3-9(6-12-8)15-10-13-4-7(11)5-14-10/h4-5,8-9,12H,2-3,6H2,1H3,(H,13,14,15)/t8-,9+/m1/s1. The molecule has 1 fully saturated rings. The monoisotopic (exact) mass is 270 g/mol. The quantitative estimate of drug-likeness (QED) is 0.880. The second-order valence-electron chi connectivity index (χ2n) is 3.82. The van der Waals surface area contributed by atoms with Crippen molar-refractivity contribution in [3.05, 3.63) is 16.9 Å². The molecule has 1 aliphatic heterocycles. The first-order chi connectivity index (χ1) is 7.28. The number of halogens is 1. The summed E-state index contributed by atoms with van der Waals surface area (Å²) in [6.07, 6.45) is 5.85. The predicted molar refractivity (Wildman–Crippen MR) is 63.8 cm³/mol. The third-order valence-corrected chi connectivity index (χ3v) is 3.08. The van der Waals surface area contributed by atoms with Crippen LogP contribution < -0.4 is 10.6 Å². The van der Waals surface area contributed by atoms with Crippen molar-refractivity contribution in [2.45, 2.75) is 31.8 Å². The van der Waals surface area contributed by atoms with Crippen LogP contribution in [0.5, 0.6) is 0 Å². The molecule has 0 spiro atoms. The van der Waals surface area contributed by atoms with Gasteiger partial charge in [-0.2, -0.15) is 0 Å². The smallest absolute Gasteiger partial charge is 0.222 e. The maximum atomic E-state index is 4.20. The number of nitrogens with zero attached hydrogens (tertiary/aromatic N) is 2. The van der Waals surface area contributed by atoms with Gasteiger partial charge in [0, 0.05) is 31.0 Å². The van der Waals surface area contributed by atoms with Gasteiger partial charge in [-0.1, -0.05) is 6.92 Å². The first-order valence-corrected chi connectivity index (χ1v) is 6.04. The van der Waals surface area contributed by atoms with E-state index in [1.165, 1.54) is 6.42 Å².